The number of aromatic nitrogens is 2. The molecule has 0 spiro atoms. The van der Waals surface area contributed by atoms with Crippen molar-refractivity contribution < 1.29 is 4.74 Å². The average molecular weight is 275 g/mol. The maximum Gasteiger partial charge on any atom is 0.0764 e. The van der Waals surface area contributed by atoms with Gasteiger partial charge in [0.15, 0.2) is 0 Å². The van der Waals surface area contributed by atoms with Crippen LogP contribution in [0.25, 0.3) is 0 Å². The molecule has 20 heavy (non-hydrogen) atoms. The van der Waals surface area contributed by atoms with Crippen LogP contribution in [-0.2, 0) is 11.2 Å². The summed E-state index contributed by atoms with van der Waals surface area (Å²) in [5.74, 6) is 0. The molecule has 2 N–H and O–H groups in total. The predicted octanol–water partition coefficient (Wildman–Crippen LogP) is 2.58. The quantitative estimate of drug-likeness (QED) is 0.922. The first-order valence-electron chi connectivity index (χ1n) is 8.21. The smallest absolute Gasteiger partial charge is 0.0764 e. The number of rotatable bonds is 3. The molecule has 2 aliphatic heterocycles. The fraction of sp³-hybridized carbons (Fsp3) is 0.812. The standard InChI is InChI=1S/C16H25N3O/c17-16(11-14-6-7-15(16)20-14)10-12-8-9-19(18-12)13-4-2-1-3-5-13/h8-9,13-15H,1-7,10-11,17H2. The van der Waals surface area contributed by atoms with E-state index in [0.717, 1.165) is 25.0 Å². The van der Waals surface area contributed by atoms with Crippen LogP contribution in [0.2, 0.25) is 0 Å². The molecule has 0 aromatic carbocycles. The largest absolute Gasteiger partial charge is 0.373 e. The van der Waals surface area contributed by atoms with Gasteiger partial charge in [-0.2, -0.15) is 5.10 Å². The number of fused-ring (bicyclic) bond motifs is 2. The van der Waals surface area contributed by atoms with Crippen LogP contribution in [0.15, 0.2) is 12.3 Å². The van der Waals surface area contributed by atoms with Crippen molar-refractivity contribution >= 4 is 0 Å². The van der Waals surface area contributed by atoms with E-state index in [9.17, 15) is 0 Å². The Kier molecular flexibility index (Phi) is 3.11. The third kappa shape index (κ3) is 2.19. The minimum Gasteiger partial charge on any atom is -0.373 e. The summed E-state index contributed by atoms with van der Waals surface area (Å²) >= 11 is 0. The van der Waals surface area contributed by atoms with Gasteiger partial charge in [0.2, 0.25) is 0 Å². The first-order chi connectivity index (χ1) is 9.73. The maximum atomic E-state index is 6.59. The SMILES string of the molecule is NC1(Cc2ccn(C3CCCCC3)n2)CC2CCC1O2. The Hall–Kier alpha value is -0.870. The van der Waals surface area contributed by atoms with Crippen LogP contribution >= 0.6 is 0 Å². The lowest BCUT2D eigenvalue weighted by molar-refractivity contribution is 0.0854. The summed E-state index contributed by atoms with van der Waals surface area (Å²) in [6, 6.07) is 2.78. The second-order valence-electron chi connectivity index (χ2n) is 7.02. The molecule has 0 amide bonds. The highest BCUT2D eigenvalue weighted by Crippen LogP contribution is 2.41. The van der Waals surface area contributed by atoms with Gasteiger partial charge in [-0.3, -0.25) is 4.68 Å². The Morgan fingerprint density at radius 3 is 2.80 bits per heavy atom. The van der Waals surface area contributed by atoms with Gasteiger partial charge in [0.05, 0.1) is 29.5 Å². The average Bonchev–Trinajstić information content (AvgIpc) is 3.15. The molecule has 4 rings (SSSR count). The van der Waals surface area contributed by atoms with E-state index in [0.29, 0.717) is 12.1 Å². The van der Waals surface area contributed by atoms with E-state index in [2.05, 4.69) is 16.9 Å². The van der Waals surface area contributed by atoms with Gasteiger partial charge < -0.3 is 10.5 Å². The molecule has 0 radical (unpaired) electrons. The lowest BCUT2D eigenvalue weighted by Gasteiger charge is -2.30. The first kappa shape index (κ1) is 12.8. The lowest BCUT2D eigenvalue weighted by Crippen LogP contribution is -2.50. The predicted molar refractivity (Wildman–Crippen MR) is 77.5 cm³/mol. The zero-order chi connectivity index (χ0) is 13.6. The van der Waals surface area contributed by atoms with Gasteiger partial charge >= 0.3 is 0 Å². The summed E-state index contributed by atoms with van der Waals surface area (Å²) in [7, 11) is 0. The highest BCUT2D eigenvalue weighted by atomic mass is 16.5. The number of nitrogens with two attached hydrogens (primary N) is 1. The van der Waals surface area contributed by atoms with Gasteiger partial charge in [-0.15, -0.1) is 0 Å². The van der Waals surface area contributed by atoms with Crippen molar-refractivity contribution in [2.24, 2.45) is 5.73 Å². The fourth-order valence-electron chi connectivity index (χ4n) is 4.38. The van der Waals surface area contributed by atoms with Crippen molar-refractivity contribution in [3.8, 4) is 0 Å². The molecule has 2 bridgehead atoms. The highest BCUT2D eigenvalue weighted by Gasteiger charge is 2.50. The second-order valence-corrected chi connectivity index (χ2v) is 7.02. The van der Waals surface area contributed by atoms with Gasteiger partial charge in [0.25, 0.3) is 0 Å². The van der Waals surface area contributed by atoms with Crippen LogP contribution < -0.4 is 5.73 Å². The third-order valence-electron chi connectivity index (χ3n) is 5.48. The second kappa shape index (κ2) is 4.85. The van der Waals surface area contributed by atoms with Crippen LogP contribution in [0.5, 0.6) is 0 Å². The molecule has 3 aliphatic rings. The summed E-state index contributed by atoms with van der Waals surface area (Å²) in [5, 5.41) is 4.81. The van der Waals surface area contributed by atoms with Crippen LogP contribution in [0.1, 0.15) is 63.1 Å². The molecule has 3 unspecified atom stereocenters. The van der Waals surface area contributed by atoms with Crippen molar-refractivity contribution in [1.29, 1.82) is 0 Å². The summed E-state index contributed by atoms with van der Waals surface area (Å²) in [6.07, 6.45) is 13.7. The van der Waals surface area contributed by atoms with Gasteiger partial charge in [-0.05, 0) is 38.2 Å². The summed E-state index contributed by atoms with van der Waals surface area (Å²) in [6.45, 7) is 0. The molecule has 3 heterocycles. The Labute approximate surface area is 120 Å². The minimum atomic E-state index is -0.172. The summed E-state index contributed by atoms with van der Waals surface area (Å²) in [4.78, 5) is 0. The molecule has 3 fully saturated rings. The van der Waals surface area contributed by atoms with E-state index in [1.54, 1.807) is 0 Å². The van der Waals surface area contributed by atoms with Crippen molar-refractivity contribution in [2.75, 3.05) is 0 Å². The molecule has 1 aromatic heterocycles. The fourth-order valence-corrected chi connectivity index (χ4v) is 4.38. The lowest BCUT2D eigenvalue weighted by atomic mass is 9.79. The molecular formula is C16H25N3O. The van der Waals surface area contributed by atoms with Crippen LogP contribution in [0.3, 0.4) is 0 Å². The Morgan fingerprint density at radius 1 is 1.25 bits per heavy atom. The van der Waals surface area contributed by atoms with Gasteiger partial charge in [0.1, 0.15) is 0 Å². The molecule has 1 aromatic rings. The monoisotopic (exact) mass is 275 g/mol. The van der Waals surface area contributed by atoms with Crippen molar-refractivity contribution in [2.45, 2.75) is 81.6 Å². The van der Waals surface area contributed by atoms with Crippen LogP contribution in [0.4, 0.5) is 0 Å². The number of ether oxygens (including phenoxy) is 1. The molecule has 4 nitrogen and oxygen atoms in total. The zero-order valence-electron chi connectivity index (χ0n) is 12.1. The third-order valence-corrected chi connectivity index (χ3v) is 5.48. The summed E-state index contributed by atoms with van der Waals surface area (Å²) < 4.78 is 8.11. The van der Waals surface area contributed by atoms with Gasteiger partial charge in [-0.25, -0.2) is 0 Å². The number of hydrogen-bond acceptors (Lipinski definition) is 3. The Morgan fingerprint density at radius 2 is 2.10 bits per heavy atom. The maximum absolute atomic E-state index is 6.59. The van der Waals surface area contributed by atoms with E-state index in [4.69, 9.17) is 15.6 Å². The Bertz CT molecular complexity index is 480. The van der Waals surface area contributed by atoms with E-state index in [1.807, 2.05) is 0 Å². The van der Waals surface area contributed by atoms with Gasteiger partial charge in [-0.1, -0.05) is 19.3 Å². The molecule has 3 atom stereocenters. The van der Waals surface area contributed by atoms with E-state index >= 15 is 0 Å². The topological polar surface area (TPSA) is 53.1 Å². The molecule has 2 saturated heterocycles. The van der Waals surface area contributed by atoms with Crippen LogP contribution in [-0.4, -0.2) is 27.5 Å². The number of nitrogens with zero attached hydrogens (tertiary/aromatic N) is 2. The van der Waals surface area contributed by atoms with Crippen molar-refractivity contribution in [3.05, 3.63) is 18.0 Å². The van der Waals surface area contributed by atoms with E-state index in [1.165, 1.54) is 38.5 Å². The van der Waals surface area contributed by atoms with Crippen molar-refractivity contribution in [1.82, 2.24) is 9.78 Å². The van der Waals surface area contributed by atoms with Crippen LogP contribution in [0, 0.1) is 0 Å². The molecule has 110 valence electrons. The normalized spacial score (nSPS) is 37.6. The molecule has 1 saturated carbocycles. The summed E-state index contributed by atoms with van der Waals surface area (Å²) in [5.41, 5.74) is 7.57. The Balaban J connectivity index is 1.45. The first-order valence-corrected chi connectivity index (χ1v) is 8.21. The van der Waals surface area contributed by atoms with E-state index < -0.39 is 0 Å². The zero-order valence-corrected chi connectivity index (χ0v) is 12.1. The highest BCUT2D eigenvalue weighted by molar-refractivity contribution is 5.13. The van der Waals surface area contributed by atoms with Gasteiger partial charge in [0, 0.05) is 12.6 Å². The number of hydrogen-bond donors (Lipinski definition) is 1. The minimum absolute atomic E-state index is 0.172. The molecule has 1 aliphatic carbocycles. The van der Waals surface area contributed by atoms with Crippen molar-refractivity contribution in [3.63, 3.8) is 0 Å². The molecular weight excluding hydrogens is 250 g/mol. The molecule has 4 heteroatoms. The van der Waals surface area contributed by atoms with E-state index in [-0.39, 0.29) is 11.6 Å².